The van der Waals surface area contributed by atoms with Crippen LogP contribution in [0, 0.1) is 0 Å². The fraction of sp³-hybridized carbons (Fsp3) is 0.854. The molecule has 9 heteroatoms. The molecule has 2 N–H and O–H groups in total. The van der Waals surface area contributed by atoms with Gasteiger partial charge in [0.05, 0.1) is 39.9 Å². The number of carbonyl (C=O) groups is 1. The maximum absolute atomic E-state index is 12.9. The van der Waals surface area contributed by atoms with Crippen LogP contribution < -0.4 is 10.2 Å². The van der Waals surface area contributed by atoms with Crippen molar-refractivity contribution < 1.29 is 32.9 Å². The molecule has 1 amide bonds. The van der Waals surface area contributed by atoms with E-state index in [0.717, 1.165) is 64.2 Å². The molecule has 0 saturated carbocycles. The first-order valence-electron chi connectivity index (χ1n) is 23.8. The van der Waals surface area contributed by atoms with E-state index in [1.807, 2.05) is 21.1 Å². The van der Waals surface area contributed by atoms with E-state index in [4.69, 9.17) is 9.05 Å². The van der Waals surface area contributed by atoms with E-state index in [0.29, 0.717) is 23.9 Å². The van der Waals surface area contributed by atoms with Gasteiger partial charge in [-0.1, -0.05) is 198 Å². The fourth-order valence-corrected chi connectivity index (χ4v) is 7.60. The van der Waals surface area contributed by atoms with Gasteiger partial charge in [-0.3, -0.25) is 9.36 Å². The molecule has 0 aliphatic carbocycles. The number of rotatable bonds is 43. The van der Waals surface area contributed by atoms with Crippen molar-refractivity contribution in [3.05, 3.63) is 36.5 Å². The van der Waals surface area contributed by atoms with Crippen molar-refractivity contribution in [1.29, 1.82) is 0 Å². The molecular formula is C48H93N2O6P. The molecule has 0 aromatic heterocycles. The van der Waals surface area contributed by atoms with Crippen molar-refractivity contribution in [2.45, 2.75) is 225 Å². The second kappa shape index (κ2) is 40.1. The molecule has 0 aromatic carbocycles. The number of aliphatic hydroxyl groups is 1. The molecule has 3 atom stereocenters. The van der Waals surface area contributed by atoms with E-state index >= 15 is 0 Å². The Hall–Kier alpha value is -1.28. The van der Waals surface area contributed by atoms with Crippen LogP contribution in [0.15, 0.2) is 36.5 Å². The van der Waals surface area contributed by atoms with Gasteiger partial charge in [0, 0.05) is 6.42 Å². The molecule has 0 aliphatic heterocycles. The van der Waals surface area contributed by atoms with Crippen LogP contribution in [0.5, 0.6) is 0 Å². The Morgan fingerprint density at radius 3 is 1.56 bits per heavy atom. The van der Waals surface area contributed by atoms with E-state index in [1.165, 1.54) is 122 Å². The lowest BCUT2D eigenvalue weighted by Crippen LogP contribution is -2.46. The second-order valence-corrected chi connectivity index (χ2v) is 18.8. The first kappa shape index (κ1) is 55.7. The maximum atomic E-state index is 12.9. The molecule has 0 aliphatic rings. The number of likely N-dealkylation sites (N-methyl/N-ethyl adjacent to an activating group) is 1. The van der Waals surface area contributed by atoms with Crippen molar-refractivity contribution in [3.8, 4) is 0 Å². The average Bonchev–Trinajstić information content (AvgIpc) is 3.16. The molecule has 0 radical (unpaired) electrons. The molecule has 0 aromatic rings. The average molecular weight is 825 g/mol. The number of nitrogens with zero attached hydrogens (tertiary/aromatic N) is 1. The van der Waals surface area contributed by atoms with Gasteiger partial charge < -0.3 is 28.8 Å². The van der Waals surface area contributed by atoms with Gasteiger partial charge >= 0.3 is 0 Å². The van der Waals surface area contributed by atoms with Crippen molar-refractivity contribution >= 4 is 13.7 Å². The number of hydrogen-bond donors (Lipinski definition) is 2. The normalized spacial score (nSPS) is 14.6. The molecule has 0 rings (SSSR count). The Labute approximate surface area is 353 Å². The number of phosphoric acid groups is 1. The van der Waals surface area contributed by atoms with Gasteiger partial charge in [-0.05, 0) is 44.9 Å². The second-order valence-electron chi connectivity index (χ2n) is 17.4. The monoisotopic (exact) mass is 825 g/mol. The Morgan fingerprint density at radius 2 is 1.07 bits per heavy atom. The van der Waals surface area contributed by atoms with Gasteiger partial charge in [-0.25, -0.2) is 0 Å². The summed E-state index contributed by atoms with van der Waals surface area (Å²) in [6.07, 6.45) is 48.6. The fourth-order valence-electron chi connectivity index (χ4n) is 6.88. The molecule has 0 bridgehead atoms. The highest BCUT2D eigenvalue weighted by atomic mass is 31.2. The van der Waals surface area contributed by atoms with Crippen LogP contribution in [0.4, 0.5) is 0 Å². The van der Waals surface area contributed by atoms with Crippen molar-refractivity contribution in [2.75, 3.05) is 40.9 Å². The van der Waals surface area contributed by atoms with Crippen molar-refractivity contribution in [1.82, 2.24) is 5.32 Å². The Morgan fingerprint density at radius 1 is 0.632 bits per heavy atom. The van der Waals surface area contributed by atoms with E-state index in [9.17, 15) is 19.4 Å². The first-order valence-corrected chi connectivity index (χ1v) is 25.3. The SMILES string of the molecule is CC/C=C\C/C=C\C/C=C\CCCCCCCCCC(=O)NC(COP(=O)([O-])OCC[N+](C)(C)C)C(O)CCCCCCCCCCCCCCCCCCCC. The lowest BCUT2D eigenvalue weighted by molar-refractivity contribution is -0.870. The third-order valence-electron chi connectivity index (χ3n) is 10.6. The molecule has 0 fully saturated rings. The minimum atomic E-state index is -4.57. The predicted octanol–water partition coefficient (Wildman–Crippen LogP) is 12.8. The number of hydrogen-bond acceptors (Lipinski definition) is 6. The Balaban J connectivity index is 4.33. The largest absolute Gasteiger partial charge is 0.756 e. The molecule has 0 spiro atoms. The summed E-state index contributed by atoms with van der Waals surface area (Å²) in [6.45, 7) is 4.61. The maximum Gasteiger partial charge on any atom is 0.268 e. The molecular weight excluding hydrogens is 732 g/mol. The summed E-state index contributed by atoms with van der Waals surface area (Å²) in [4.78, 5) is 25.4. The van der Waals surface area contributed by atoms with E-state index in [1.54, 1.807) is 0 Å². The number of amides is 1. The highest BCUT2D eigenvalue weighted by molar-refractivity contribution is 7.45. The third kappa shape index (κ3) is 42.6. The Bertz CT molecular complexity index is 1030. The number of carbonyl (C=O) groups excluding carboxylic acids is 1. The smallest absolute Gasteiger partial charge is 0.268 e. The summed E-state index contributed by atoms with van der Waals surface area (Å²) < 4.78 is 23.3. The lowest BCUT2D eigenvalue weighted by Gasteiger charge is -2.30. The Kier molecular flexibility index (Phi) is 39.2. The summed E-state index contributed by atoms with van der Waals surface area (Å²) >= 11 is 0. The van der Waals surface area contributed by atoms with Crippen LogP contribution in [0.3, 0.4) is 0 Å². The van der Waals surface area contributed by atoms with Crippen molar-refractivity contribution in [2.24, 2.45) is 0 Å². The lowest BCUT2D eigenvalue weighted by atomic mass is 10.0. The zero-order chi connectivity index (χ0) is 42.1. The summed E-state index contributed by atoms with van der Waals surface area (Å²) in [7, 11) is 1.30. The molecule has 0 saturated heterocycles. The van der Waals surface area contributed by atoms with E-state index in [2.05, 4.69) is 55.6 Å². The summed E-state index contributed by atoms with van der Waals surface area (Å²) in [5, 5.41) is 13.9. The first-order chi connectivity index (χ1) is 27.5. The molecule has 336 valence electrons. The van der Waals surface area contributed by atoms with E-state index < -0.39 is 20.0 Å². The molecule has 0 heterocycles. The number of allylic oxidation sites excluding steroid dienone is 6. The van der Waals surface area contributed by atoms with E-state index in [-0.39, 0.29) is 19.1 Å². The van der Waals surface area contributed by atoms with Crippen LogP contribution in [0.1, 0.15) is 213 Å². The topological polar surface area (TPSA) is 108 Å². The number of aliphatic hydroxyl groups excluding tert-OH is 1. The summed E-state index contributed by atoms with van der Waals surface area (Å²) in [6, 6.07) is -0.805. The van der Waals surface area contributed by atoms with Gasteiger partial charge in [0.15, 0.2) is 0 Å². The number of unbranched alkanes of at least 4 members (excludes halogenated alkanes) is 24. The summed E-state index contributed by atoms with van der Waals surface area (Å²) in [5.74, 6) is -0.175. The van der Waals surface area contributed by atoms with Gasteiger partial charge in [0.2, 0.25) is 5.91 Å². The van der Waals surface area contributed by atoms with Crippen LogP contribution in [-0.4, -0.2) is 68.5 Å². The van der Waals surface area contributed by atoms with Crippen molar-refractivity contribution in [3.63, 3.8) is 0 Å². The number of phosphoric ester groups is 1. The minimum Gasteiger partial charge on any atom is -0.756 e. The van der Waals surface area contributed by atoms with Gasteiger partial charge in [-0.2, -0.15) is 0 Å². The van der Waals surface area contributed by atoms with Gasteiger partial charge in [0.25, 0.3) is 7.82 Å². The summed E-state index contributed by atoms with van der Waals surface area (Å²) in [5.41, 5.74) is 0. The van der Waals surface area contributed by atoms with Gasteiger partial charge in [-0.15, -0.1) is 0 Å². The number of quaternary nitrogens is 1. The quantitative estimate of drug-likeness (QED) is 0.0274. The van der Waals surface area contributed by atoms with Crippen LogP contribution in [0.2, 0.25) is 0 Å². The van der Waals surface area contributed by atoms with Crippen LogP contribution >= 0.6 is 7.82 Å². The van der Waals surface area contributed by atoms with Crippen LogP contribution in [-0.2, 0) is 18.4 Å². The van der Waals surface area contributed by atoms with Gasteiger partial charge in [0.1, 0.15) is 13.2 Å². The molecule has 3 unspecified atom stereocenters. The third-order valence-corrected chi connectivity index (χ3v) is 11.6. The zero-order valence-electron chi connectivity index (χ0n) is 38.0. The van der Waals surface area contributed by atoms with Crippen LogP contribution in [0.25, 0.3) is 0 Å². The standard InChI is InChI=1S/C48H93N2O6P/c1-6-8-10-12-14-16-18-20-22-24-26-27-29-31-33-35-37-39-41-47(51)46(45-56-57(53,54)55-44-43-50(3,4)5)49-48(52)42-40-38-36-34-32-30-28-25-23-21-19-17-15-13-11-9-7-2/h9,11,15,17,21,23,46-47,51H,6-8,10,12-14,16,18-20,22,24-45H2,1-5H3,(H-,49,52,53,54)/b11-9-,17-15-,23-21-. The predicted molar refractivity (Wildman–Crippen MR) is 242 cm³/mol. The highest BCUT2D eigenvalue weighted by Gasteiger charge is 2.24. The highest BCUT2D eigenvalue weighted by Crippen LogP contribution is 2.38. The minimum absolute atomic E-state index is 0.00958. The molecule has 57 heavy (non-hydrogen) atoms. The zero-order valence-corrected chi connectivity index (χ0v) is 38.9. The number of nitrogens with one attached hydrogen (secondary N) is 1. The molecule has 8 nitrogen and oxygen atoms in total.